The molecule has 1 aliphatic rings. The number of halogens is 1. The zero-order chi connectivity index (χ0) is 13.9. The molecule has 1 atom stereocenters. The summed E-state index contributed by atoms with van der Waals surface area (Å²) in [5, 5.41) is 3.52. The monoisotopic (exact) mass is 302 g/mol. The predicted molar refractivity (Wildman–Crippen MR) is 76.9 cm³/mol. The maximum absolute atomic E-state index is 12.7. The lowest BCUT2D eigenvalue weighted by molar-refractivity contribution is 0.249. The molecular weight excluding hydrogens is 284 g/mol. The Kier molecular flexibility index (Phi) is 4.84. The van der Waals surface area contributed by atoms with Crippen LogP contribution < -0.4 is 5.32 Å². The van der Waals surface area contributed by atoms with Gasteiger partial charge in [0.2, 0.25) is 10.0 Å². The standard InChI is InChI=1S/C13H19ClN2O2S/c1-15-10-12-6-2-3-8-16(12)19(17,18)13-7-4-5-11(14)9-13/h4-5,7,9,12,15H,2-3,6,8,10H2,1H3. The van der Waals surface area contributed by atoms with Crippen molar-refractivity contribution in [3.63, 3.8) is 0 Å². The van der Waals surface area contributed by atoms with Gasteiger partial charge in [-0.3, -0.25) is 0 Å². The van der Waals surface area contributed by atoms with E-state index in [1.807, 2.05) is 7.05 Å². The molecule has 0 bridgehead atoms. The minimum Gasteiger partial charge on any atom is -0.318 e. The molecule has 19 heavy (non-hydrogen) atoms. The minimum atomic E-state index is -3.45. The molecule has 0 aromatic heterocycles. The first-order valence-corrected chi connectivity index (χ1v) is 8.29. The number of likely N-dealkylation sites (N-methyl/N-ethyl adjacent to an activating group) is 1. The van der Waals surface area contributed by atoms with Crippen LogP contribution in [0.1, 0.15) is 19.3 Å². The van der Waals surface area contributed by atoms with Gasteiger partial charge in [0.05, 0.1) is 4.90 Å². The Bertz CT molecular complexity index is 531. The van der Waals surface area contributed by atoms with E-state index in [4.69, 9.17) is 11.6 Å². The topological polar surface area (TPSA) is 49.4 Å². The van der Waals surface area contributed by atoms with Gasteiger partial charge in [0.15, 0.2) is 0 Å². The molecule has 1 heterocycles. The van der Waals surface area contributed by atoms with Crippen LogP contribution in [0, 0.1) is 0 Å². The summed E-state index contributed by atoms with van der Waals surface area (Å²) in [6.07, 6.45) is 2.90. The van der Waals surface area contributed by atoms with E-state index in [0.29, 0.717) is 18.1 Å². The predicted octanol–water partition coefficient (Wildman–Crippen LogP) is 2.10. The summed E-state index contributed by atoms with van der Waals surface area (Å²) in [6.45, 7) is 1.26. The second kappa shape index (κ2) is 6.22. The van der Waals surface area contributed by atoms with Crippen LogP contribution in [0.5, 0.6) is 0 Å². The minimum absolute atomic E-state index is 0.0303. The SMILES string of the molecule is CNCC1CCCCN1S(=O)(=O)c1cccc(Cl)c1. The fourth-order valence-electron chi connectivity index (χ4n) is 2.49. The van der Waals surface area contributed by atoms with Crippen molar-refractivity contribution in [2.75, 3.05) is 20.1 Å². The number of piperidine rings is 1. The molecule has 1 aromatic carbocycles. The second-order valence-corrected chi connectivity index (χ2v) is 7.11. The van der Waals surface area contributed by atoms with Crippen LogP contribution in [-0.2, 0) is 10.0 Å². The van der Waals surface area contributed by atoms with Crippen molar-refractivity contribution < 1.29 is 8.42 Å². The molecule has 0 aliphatic carbocycles. The van der Waals surface area contributed by atoms with Gasteiger partial charge in [-0.1, -0.05) is 24.1 Å². The lowest BCUT2D eigenvalue weighted by Crippen LogP contribution is -2.47. The van der Waals surface area contributed by atoms with E-state index in [1.165, 1.54) is 6.07 Å². The highest BCUT2D eigenvalue weighted by atomic mass is 35.5. The van der Waals surface area contributed by atoms with Gasteiger partial charge in [-0.25, -0.2) is 8.42 Å². The first kappa shape index (κ1) is 14.8. The van der Waals surface area contributed by atoms with E-state index in [1.54, 1.807) is 22.5 Å². The molecule has 0 radical (unpaired) electrons. The molecule has 1 N–H and O–H groups in total. The number of sulfonamides is 1. The van der Waals surface area contributed by atoms with Gasteiger partial charge in [0.1, 0.15) is 0 Å². The second-order valence-electron chi connectivity index (χ2n) is 4.78. The van der Waals surface area contributed by atoms with Crippen molar-refractivity contribution in [1.29, 1.82) is 0 Å². The summed E-state index contributed by atoms with van der Waals surface area (Å²) in [5.41, 5.74) is 0. The Hall–Kier alpha value is -0.620. The van der Waals surface area contributed by atoms with E-state index < -0.39 is 10.0 Å². The first-order chi connectivity index (χ1) is 9.05. The zero-order valence-corrected chi connectivity index (χ0v) is 12.5. The molecule has 2 rings (SSSR count). The summed E-state index contributed by atoms with van der Waals surface area (Å²) in [4.78, 5) is 0.281. The third-order valence-corrected chi connectivity index (χ3v) is 5.60. The molecule has 1 aromatic rings. The van der Waals surface area contributed by atoms with Crippen LogP contribution >= 0.6 is 11.6 Å². The van der Waals surface area contributed by atoms with Gasteiger partial charge in [-0.15, -0.1) is 0 Å². The number of hydrogen-bond acceptors (Lipinski definition) is 3. The highest BCUT2D eigenvalue weighted by Crippen LogP contribution is 2.26. The van der Waals surface area contributed by atoms with Crippen LogP contribution in [0.4, 0.5) is 0 Å². The Morgan fingerprint density at radius 2 is 2.21 bits per heavy atom. The molecule has 6 heteroatoms. The smallest absolute Gasteiger partial charge is 0.243 e. The molecule has 1 unspecified atom stereocenters. The Balaban J connectivity index is 2.31. The maximum Gasteiger partial charge on any atom is 0.243 e. The highest BCUT2D eigenvalue weighted by Gasteiger charge is 2.32. The normalized spacial score (nSPS) is 21.5. The van der Waals surface area contributed by atoms with Crippen molar-refractivity contribution in [3.05, 3.63) is 29.3 Å². The molecule has 1 aliphatic heterocycles. The number of nitrogens with one attached hydrogen (secondary N) is 1. The van der Waals surface area contributed by atoms with Crippen molar-refractivity contribution in [2.45, 2.75) is 30.2 Å². The molecule has 0 spiro atoms. The summed E-state index contributed by atoms with van der Waals surface area (Å²) in [5.74, 6) is 0. The van der Waals surface area contributed by atoms with Crippen LogP contribution in [0.2, 0.25) is 5.02 Å². The van der Waals surface area contributed by atoms with Crippen LogP contribution in [0.25, 0.3) is 0 Å². The Labute approximate surface area is 119 Å². The highest BCUT2D eigenvalue weighted by molar-refractivity contribution is 7.89. The molecule has 4 nitrogen and oxygen atoms in total. The molecule has 0 saturated carbocycles. The van der Waals surface area contributed by atoms with E-state index in [0.717, 1.165) is 19.3 Å². The van der Waals surface area contributed by atoms with Gasteiger partial charge >= 0.3 is 0 Å². The number of rotatable bonds is 4. The van der Waals surface area contributed by atoms with Crippen LogP contribution in [-0.4, -0.2) is 38.9 Å². The number of benzene rings is 1. The van der Waals surface area contributed by atoms with Gasteiger partial charge < -0.3 is 5.32 Å². The summed E-state index contributed by atoms with van der Waals surface area (Å²) < 4.78 is 26.9. The van der Waals surface area contributed by atoms with Gasteiger partial charge in [-0.05, 0) is 38.1 Å². The average Bonchev–Trinajstić information content (AvgIpc) is 2.39. The van der Waals surface area contributed by atoms with Crippen LogP contribution in [0.15, 0.2) is 29.2 Å². The fourth-order valence-corrected chi connectivity index (χ4v) is 4.49. The largest absolute Gasteiger partial charge is 0.318 e. The molecule has 106 valence electrons. The maximum atomic E-state index is 12.7. The molecular formula is C13H19ClN2O2S. The summed E-state index contributed by atoms with van der Waals surface area (Å²) in [6, 6.07) is 6.50. The third-order valence-electron chi connectivity index (χ3n) is 3.42. The average molecular weight is 303 g/mol. The van der Waals surface area contributed by atoms with Crippen molar-refractivity contribution in [3.8, 4) is 0 Å². The van der Waals surface area contributed by atoms with E-state index >= 15 is 0 Å². The lowest BCUT2D eigenvalue weighted by Gasteiger charge is -2.34. The fraction of sp³-hybridized carbons (Fsp3) is 0.538. The Morgan fingerprint density at radius 3 is 2.89 bits per heavy atom. The van der Waals surface area contributed by atoms with Gasteiger partial charge in [0, 0.05) is 24.2 Å². The zero-order valence-electron chi connectivity index (χ0n) is 11.0. The van der Waals surface area contributed by atoms with Crippen molar-refractivity contribution in [2.24, 2.45) is 0 Å². The third kappa shape index (κ3) is 3.28. The summed E-state index contributed by atoms with van der Waals surface area (Å²) >= 11 is 5.89. The Morgan fingerprint density at radius 1 is 1.42 bits per heavy atom. The molecule has 1 fully saturated rings. The van der Waals surface area contributed by atoms with Crippen LogP contribution in [0.3, 0.4) is 0 Å². The molecule has 1 saturated heterocycles. The van der Waals surface area contributed by atoms with E-state index in [2.05, 4.69) is 5.32 Å². The number of nitrogens with zero attached hydrogens (tertiary/aromatic N) is 1. The quantitative estimate of drug-likeness (QED) is 0.926. The number of hydrogen-bond donors (Lipinski definition) is 1. The lowest BCUT2D eigenvalue weighted by atomic mass is 10.1. The van der Waals surface area contributed by atoms with Crippen molar-refractivity contribution >= 4 is 21.6 Å². The molecule has 0 amide bonds. The van der Waals surface area contributed by atoms with E-state index in [9.17, 15) is 8.42 Å². The van der Waals surface area contributed by atoms with E-state index in [-0.39, 0.29) is 10.9 Å². The van der Waals surface area contributed by atoms with Crippen molar-refractivity contribution in [1.82, 2.24) is 9.62 Å². The van der Waals surface area contributed by atoms with Gasteiger partial charge in [0.25, 0.3) is 0 Å². The van der Waals surface area contributed by atoms with Gasteiger partial charge in [-0.2, -0.15) is 4.31 Å². The first-order valence-electron chi connectivity index (χ1n) is 6.47. The summed E-state index contributed by atoms with van der Waals surface area (Å²) in [7, 11) is -1.60.